The molecule has 0 spiro atoms. The molecule has 2 rings (SSSR count). The van der Waals surface area contributed by atoms with Crippen LogP contribution in [0.3, 0.4) is 0 Å². The Hall–Kier alpha value is -0.680. The molecule has 1 aromatic rings. The Morgan fingerprint density at radius 1 is 1.50 bits per heavy atom. The van der Waals surface area contributed by atoms with E-state index < -0.39 is 0 Å². The van der Waals surface area contributed by atoms with Crippen LogP contribution in [0.15, 0.2) is 18.2 Å². The van der Waals surface area contributed by atoms with E-state index in [4.69, 9.17) is 16.3 Å². The van der Waals surface area contributed by atoms with E-state index in [1.54, 1.807) is 13.2 Å². The van der Waals surface area contributed by atoms with Crippen molar-refractivity contribution in [1.82, 2.24) is 10.2 Å². The van der Waals surface area contributed by atoms with Gasteiger partial charge in [0.25, 0.3) is 0 Å². The standard InChI is InChI=1S/C15H22ClFN2O/c1-20-7-6-19-5-4-12(11-19)9-18-10-13-2-3-14(17)8-15(13)16/h2-3,8,12,18H,4-7,9-11H2,1H3/t12-/m0/s1. The van der Waals surface area contributed by atoms with Gasteiger partial charge < -0.3 is 15.0 Å². The quantitative estimate of drug-likeness (QED) is 0.837. The molecule has 112 valence electrons. The van der Waals surface area contributed by atoms with Crippen molar-refractivity contribution in [1.29, 1.82) is 0 Å². The van der Waals surface area contributed by atoms with E-state index in [-0.39, 0.29) is 5.82 Å². The normalized spacial score (nSPS) is 19.6. The lowest BCUT2D eigenvalue weighted by molar-refractivity contribution is 0.159. The first-order valence-electron chi connectivity index (χ1n) is 7.05. The Morgan fingerprint density at radius 3 is 3.10 bits per heavy atom. The largest absolute Gasteiger partial charge is 0.383 e. The summed E-state index contributed by atoms with van der Waals surface area (Å²) in [6, 6.07) is 4.55. The molecule has 0 radical (unpaired) electrons. The van der Waals surface area contributed by atoms with Gasteiger partial charge in [-0.2, -0.15) is 0 Å². The van der Waals surface area contributed by atoms with Crippen LogP contribution < -0.4 is 5.32 Å². The second-order valence-electron chi connectivity index (χ2n) is 5.31. The summed E-state index contributed by atoms with van der Waals surface area (Å²) >= 11 is 6.00. The molecule has 3 nitrogen and oxygen atoms in total. The number of nitrogens with one attached hydrogen (secondary N) is 1. The van der Waals surface area contributed by atoms with Crippen LogP contribution in [-0.4, -0.2) is 44.8 Å². The molecule has 0 amide bonds. The molecular weight excluding hydrogens is 279 g/mol. The first-order chi connectivity index (χ1) is 9.69. The van der Waals surface area contributed by atoms with Crippen molar-refractivity contribution in [2.45, 2.75) is 13.0 Å². The lowest BCUT2D eigenvalue weighted by atomic mass is 10.1. The van der Waals surface area contributed by atoms with Gasteiger partial charge in [0.1, 0.15) is 5.82 Å². The predicted molar refractivity (Wildman–Crippen MR) is 79.5 cm³/mol. The third-order valence-corrected chi connectivity index (χ3v) is 4.10. The molecule has 1 N–H and O–H groups in total. The van der Waals surface area contributed by atoms with E-state index >= 15 is 0 Å². The van der Waals surface area contributed by atoms with Crippen molar-refractivity contribution in [3.8, 4) is 0 Å². The number of hydrogen-bond donors (Lipinski definition) is 1. The molecule has 0 aromatic heterocycles. The number of hydrogen-bond acceptors (Lipinski definition) is 3. The molecule has 0 bridgehead atoms. The summed E-state index contributed by atoms with van der Waals surface area (Å²) < 4.78 is 18.0. The van der Waals surface area contributed by atoms with Gasteiger partial charge in [0.05, 0.1) is 6.61 Å². The highest BCUT2D eigenvalue weighted by molar-refractivity contribution is 6.31. The summed E-state index contributed by atoms with van der Waals surface area (Å²) in [6.07, 6.45) is 1.22. The Bertz CT molecular complexity index is 430. The molecule has 1 saturated heterocycles. The highest BCUT2D eigenvalue weighted by atomic mass is 35.5. The van der Waals surface area contributed by atoms with Crippen molar-refractivity contribution in [2.75, 3.05) is 39.9 Å². The van der Waals surface area contributed by atoms with Gasteiger partial charge in [-0.05, 0) is 43.1 Å². The summed E-state index contributed by atoms with van der Waals surface area (Å²) in [5.41, 5.74) is 0.947. The zero-order valence-electron chi connectivity index (χ0n) is 11.9. The van der Waals surface area contributed by atoms with E-state index in [9.17, 15) is 4.39 Å². The average Bonchev–Trinajstić information content (AvgIpc) is 2.87. The molecule has 1 atom stereocenters. The summed E-state index contributed by atoms with van der Waals surface area (Å²) in [7, 11) is 1.74. The monoisotopic (exact) mass is 300 g/mol. The Morgan fingerprint density at radius 2 is 2.35 bits per heavy atom. The van der Waals surface area contributed by atoms with Crippen LogP contribution in [0.1, 0.15) is 12.0 Å². The van der Waals surface area contributed by atoms with Gasteiger partial charge in [0.15, 0.2) is 0 Å². The van der Waals surface area contributed by atoms with Crippen LogP contribution in [0, 0.1) is 11.7 Å². The number of methoxy groups -OCH3 is 1. The van der Waals surface area contributed by atoms with Gasteiger partial charge in [-0.25, -0.2) is 4.39 Å². The van der Waals surface area contributed by atoms with Crippen LogP contribution in [0.5, 0.6) is 0 Å². The van der Waals surface area contributed by atoms with Crippen LogP contribution >= 0.6 is 11.6 Å². The van der Waals surface area contributed by atoms with Crippen molar-refractivity contribution in [3.05, 3.63) is 34.6 Å². The Labute approximate surface area is 125 Å². The van der Waals surface area contributed by atoms with E-state index in [1.165, 1.54) is 18.6 Å². The third kappa shape index (κ3) is 4.70. The Kier molecular flexibility index (Phi) is 6.23. The summed E-state index contributed by atoms with van der Waals surface area (Å²) in [6.45, 7) is 5.73. The Balaban J connectivity index is 1.69. The highest BCUT2D eigenvalue weighted by Crippen LogP contribution is 2.18. The second-order valence-corrected chi connectivity index (χ2v) is 5.72. The number of rotatable bonds is 7. The molecule has 1 aliphatic rings. The van der Waals surface area contributed by atoms with Gasteiger partial charge in [-0.3, -0.25) is 0 Å². The van der Waals surface area contributed by atoms with E-state index in [0.29, 0.717) is 17.5 Å². The first kappa shape index (κ1) is 15.7. The fourth-order valence-electron chi connectivity index (χ4n) is 2.58. The van der Waals surface area contributed by atoms with E-state index in [1.807, 2.05) is 0 Å². The third-order valence-electron chi connectivity index (χ3n) is 3.75. The minimum absolute atomic E-state index is 0.289. The molecule has 0 unspecified atom stereocenters. The fraction of sp³-hybridized carbons (Fsp3) is 0.600. The molecule has 0 aliphatic carbocycles. The van der Waals surface area contributed by atoms with Crippen LogP contribution in [0.4, 0.5) is 4.39 Å². The maximum atomic E-state index is 12.9. The van der Waals surface area contributed by atoms with E-state index in [0.717, 1.165) is 38.3 Å². The predicted octanol–water partition coefficient (Wildman–Crippen LogP) is 2.54. The second kappa shape index (κ2) is 7.93. The zero-order valence-corrected chi connectivity index (χ0v) is 12.6. The summed E-state index contributed by atoms with van der Waals surface area (Å²) in [4.78, 5) is 2.43. The molecule has 1 fully saturated rings. The maximum Gasteiger partial charge on any atom is 0.124 e. The van der Waals surface area contributed by atoms with Gasteiger partial charge in [0, 0.05) is 31.8 Å². The molecule has 1 aromatic carbocycles. The fourth-order valence-corrected chi connectivity index (χ4v) is 2.81. The van der Waals surface area contributed by atoms with Crippen molar-refractivity contribution >= 4 is 11.6 Å². The van der Waals surface area contributed by atoms with Gasteiger partial charge in [0.2, 0.25) is 0 Å². The molecule has 5 heteroatoms. The number of halogens is 2. The SMILES string of the molecule is COCCN1CC[C@@H](CNCc2ccc(F)cc2Cl)C1. The van der Waals surface area contributed by atoms with Gasteiger partial charge in [-0.15, -0.1) is 0 Å². The summed E-state index contributed by atoms with van der Waals surface area (Å²) in [5.74, 6) is 0.384. The summed E-state index contributed by atoms with van der Waals surface area (Å²) in [5, 5.41) is 3.91. The molecular formula is C15H22ClFN2O. The van der Waals surface area contributed by atoms with Gasteiger partial charge in [-0.1, -0.05) is 17.7 Å². The van der Waals surface area contributed by atoms with Crippen LogP contribution in [0.2, 0.25) is 5.02 Å². The minimum atomic E-state index is -0.289. The lowest BCUT2D eigenvalue weighted by Gasteiger charge is -2.15. The molecule has 1 heterocycles. The average molecular weight is 301 g/mol. The minimum Gasteiger partial charge on any atom is -0.383 e. The van der Waals surface area contributed by atoms with E-state index in [2.05, 4.69) is 10.2 Å². The van der Waals surface area contributed by atoms with Crippen molar-refractivity contribution in [3.63, 3.8) is 0 Å². The molecule has 0 saturated carbocycles. The lowest BCUT2D eigenvalue weighted by Crippen LogP contribution is -2.28. The topological polar surface area (TPSA) is 24.5 Å². The molecule has 20 heavy (non-hydrogen) atoms. The number of likely N-dealkylation sites (tertiary alicyclic amines) is 1. The van der Waals surface area contributed by atoms with Gasteiger partial charge >= 0.3 is 0 Å². The van der Waals surface area contributed by atoms with Crippen LogP contribution in [0.25, 0.3) is 0 Å². The maximum absolute atomic E-state index is 12.9. The molecule has 1 aliphatic heterocycles. The smallest absolute Gasteiger partial charge is 0.124 e. The van der Waals surface area contributed by atoms with Crippen LogP contribution in [-0.2, 0) is 11.3 Å². The first-order valence-corrected chi connectivity index (χ1v) is 7.42. The number of benzene rings is 1. The number of nitrogens with zero attached hydrogens (tertiary/aromatic N) is 1. The van der Waals surface area contributed by atoms with Crippen molar-refractivity contribution < 1.29 is 9.13 Å². The zero-order chi connectivity index (χ0) is 14.4. The number of ether oxygens (including phenoxy) is 1. The van der Waals surface area contributed by atoms with Crippen molar-refractivity contribution in [2.24, 2.45) is 5.92 Å². The highest BCUT2D eigenvalue weighted by Gasteiger charge is 2.21.